The first kappa shape index (κ1) is 21.7. The van der Waals surface area contributed by atoms with Crippen molar-refractivity contribution in [1.29, 1.82) is 0 Å². The van der Waals surface area contributed by atoms with E-state index in [1.54, 1.807) is 6.07 Å². The van der Waals surface area contributed by atoms with Gasteiger partial charge < -0.3 is 11.1 Å². The summed E-state index contributed by atoms with van der Waals surface area (Å²) < 4.78 is 38.3. The summed E-state index contributed by atoms with van der Waals surface area (Å²) in [7, 11) is 0. The molecule has 0 spiro atoms. The first-order valence-electron chi connectivity index (χ1n) is 9.22. The van der Waals surface area contributed by atoms with Gasteiger partial charge in [-0.1, -0.05) is 29.3 Å². The van der Waals surface area contributed by atoms with Crippen molar-refractivity contribution in [3.63, 3.8) is 0 Å². The number of anilines is 1. The van der Waals surface area contributed by atoms with Gasteiger partial charge in [0.15, 0.2) is 0 Å². The Balaban J connectivity index is 1.60. The average Bonchev–Trinajstić information content (AvgIpc) is 2.68. The number of benzene rings is 1. The number of rotatable bonds is 5. The van der Waals surface area contributed by atoms with Gasteiger partial charge in [-0.25, -0.2) is 4.98 Å². The minimum Gasteiger partial charge on any atom is -0.370 e. The normalized spacial score (nSPS) is 19.8. The van der Waals surface area contributed by atoms with E-state index in [1.807, 2.05) is 0 Å². The van der Waals surface area contributed by atoms with E-state index in [-0.39, 0.29) is 17.3 Å². The number of carbonyl (C=O) groups is 1. The van der Waals surface area contributed by atoms with E-state index in [2.05, 4.69) is 10.3 Å². The first-order chi connectivity index (χ1) is 13.6. The summed E-state index contributed by atoms with van der Waals surface area (Å²) in [5.41, 5.74) is 5.49. The van der Waals surface area contributed by atoms with Crippen LogP contribution < -0.4 is 11.1 Å². The number of pyridine rings is 1. The molecule has 29 heavy (non-hydrogen) atoms. The van der Waals surface area contributed by atoms with Gasteiger partial charge >= 0.3 is 6.18 Å². The molecule has 3 N–H and O–H groups in total. The average molecular weight is 446 g/mol. The molecule has 0 saturated heterocycles. The quantitative estimate of drug-likeness (QED) is 0.602. The van der Waals surface area contributed by atoms with Gasteiger partial charge in [-0.3, -0.25) is 4.79 Å². The molecule has 0 unspecified atom stereocenters. The number of hydrogen-bond acceptors (Lipinski definition) is 3. The van der Waals surface area contributed by atoms with Crippen LogP contribution in [0.25, 0.3) is 0 Å². The highest BCUT2D eigenvalue weighted by Gasteiger charge is 2.32. The Morgan fingerprint density at radius 1 is 1.17 bits per heavy atom. The second-order valence-electron chi connectivity index (χ2n) is 7.23. The molecule has 0 bridgehead atoms. The Kier molecular flexibility index (Phi) is 6.58. The van der Waals surface area contributed by atoms with Gasteiger partial charge in [-0.15, -0.1) is 0 Å². The van der Waals surface area contributed by atoms with Gasteiger partial charge in [-0.05, 0) is 67.3 Å². The molecule has 1 aromatic heterocycles. The molecule has 1 aliphatic rings. The van der Waals surface area contributed by atoms with Crippen LogP contribution in [0.1, 0.15) is 53.2 Å². The smallest absolute Gasteiger partial charge is 0.370 e. The summed E-state index contributed by atoms with van der Waals surface area (Å²) in [6.45, 7) is 0.539. The van der Waals surface area contributed by atoms with Crippen LogP contribution in [0.15, 0.2) is 30.3 Å². The Labute approximate surface area is 176 Å². The molecular formula is C20H20Cl2F3N3O. The summed E-state index contributed by atoms with van der Waals surface area (Å²) in [6.07, 6.45) is -1.06. The predicted octanol–water partition coefficient (Wildman–Crippen LogP) is 5.89. The summed E-state index contributed by atoms with van der Waals surface area (Å²) >= 11 is 12.5. The number of nitrogens with two attached hydrogens (primary N) is 1. The number of halogens is 5. The molecule has 0 aliphatic heterocycles. The monoisotopic (exact) mass is 445 g/mol. The third-order valence-electron chi connectivity index (χ3n) is 5.23. The number of primary amides is 1. The van der Waals surface area contributed by atoms with Crippen molar-refractivity contribution in [2.45, 2.75) is 37.8 Å². The van der Waals surface area contributed by atoms with Crippen LogP contribution in [0.2, 0.25) is 10.0 Å². The maximum Gasteiger partial charge on any atom is 0.433 e. The second kappa shape index (κ2) is 8.79. The maximum absolute atomic E-state index is 12.8. The maximum atomic E-state index is 12.8. The largest absolute Gasteiger partial charge is 0.433 e. The van der Waals surface area contributed by atoms with Gasteiger partial charge in [0.25, 0.3) is 0 Å². The highest BCUT2D eigenvalue weighted by Crippen LogP contribution is 2.41. The molecule has 1 saturated carbocycles. The molecule has 1 amide bonds. The molecule has 9 heteroatoms. The summed E-state index contributed by atoms with van der Waals surface area (Å²) in [4.78, 5) is 15.2. The lowest BCUT2D eigenvalue weighted by Crippen LogP contribution is -2.22. The SMILES string of the molecule is NC(=O)c1cc(Cl)cc(C2CCC(CNc3cccc(C(F)(F)F)n3)CC2)c1Cl. The van der Waals surface area contributed by atoms with Gasteiger partial charge in [0, 0.05) is 11.6 Å². The Morgan fingerprint density at radius 3 is 2.48 bits per heavy atom. The number of hydrogen-bond donors (Lipinski definition) is 2. The van der Waals surface area contributed by atoms with Crippen LogP contribution >= 0.6 is 23.2 Å². The third kappa shape index (κ3) is 5.34. The summed E-state index contributed by atoms with van der Waals surface area (Å²) in [5, 5.41) is 3.77. The number of nitrogens with one attached hydrogen (secondary N) is 1. The van der Waals surface area contributed by atoms with E-state index < -0.39 is 17.8 Å². The molecule has 3 rings (SSSR count). The third-order valence-corrected chi connectivity index (χ3v) is 5.87. The molecule has 2 aromatic rings. The molecule has 1 heterocycles. The number of amides is 1. The lowest BCUT2D eigenvalue weighted by atomic mass is 9.78. The lowest BCUT2D eigenvalue weighted by molar-refractivity contribution is -0.141. The molecule has 4 nitrogen and oxygen atoms in total. The standard InChI is InChI=1S/C20H20Cl2F3N3O/c21-13-8-14(18(22)15(9-13)19(26)29)12-6-4-11(5-7-12)10-27-17-3-1-2-16(28-17)20(23,24)25/h1-3,8-9,11-12H,4-7,10H2,(H2,26,29)(H,27,28). The Morgan fingerprint density at radius 2 is 1.86 bits per heavy atom. The number of nitrogens with zero attached hydrogens (tertiary/aromatic N) is 1. The molecule has 156 valence electrons. The van der Waals surface area contributed by atoms with E-state index in [4.69, 9.17) is 28.9 Å². The van der Waals surface area contributed by atoms with Crippen molar-refractivity contribution in [2.24, 2.45) is 11.7 Å². The van der Waals surface area contributed by atoms with Gasteiger partial charge in [-0.2, -0.15) is 13.2 Å². The van der Waals surface area contributed by atoms with Gasteiger partial charge in [0.05, 0.1) is 10.6 Å². The van der Waals surface area contributed by atoms with E-state index >= 15 is 0 Å². The zero-order chi connectivity index (χ0) is 21.2. The van der Waals surface area contributed by atoms with Gasteiger partial charge in [0.2, 0.25) is 5.91 Å². The molecule has 0 radical (unpaired) electrons. The van der Waals surface area contributed by atoms with Crippen LogP contribution in [0.5, 0.6) is 0 Å². The van der Waals surface area contributed by atoms with Crippen molar-refractivity contribution >= 4 is 34.9 Å². The zero-order valence-corrected chi connectivity index (χ0v) is 16.9. The van der Waals surface area contributed by atoms with Crippen molar-refractivity contribution < 1.29 is 18.0 Å². The lowest BCUT2D eigenvalue weighted by Gasteiger charge is -2.30. The predicted molar refractivity (Wildman–Crippen MR) is 107 cm³/mol. The first-order valence-corrected chi connectivity index (χ1v) is 9.97. The zero-order valence-electron chi connectivity index (χ0n) is 15.4. The summed E-state index contributed by atoms with van der Waals surface area (Å²) in [5.74, 6) is 0.0505. The van der Waals surface area contributed by atoms with E-state index in [0.717, 1.165) is 37.3 Å². The second-order valence-corrected chi connectivity index (χ2v) is 8.04. The Hall–Kier alpha value is -1.99. The van der Waals surface area contributed by atoms with Crippen molar-refractivity contribution in [3.05, 3.63) is 57.2 Å². The number of alkyl halides is 3. The van der Waals surface area contributed by atoms with Crippen molar-refractivity contribution in [1.82, 2.24) is 4.98 Å². The van der Waals surface area contributed by atoms with Gasteiger partial charge in [0.1, 0.15) is 11.5 Å². The van der Waals surface area contributed by atoms with Crippen molar-refractivity contribution in [3.8, 4) is 0 Å². The van der Waals surface area contributed by atoms with E-state index in [0.29, 0.717) is 22.5 Å². The Bertz CT molecular complexity index is 897. The highest BCUT2D eigenvalue weighted by atomic mass is 35.5. The van der Waals surface area contributed by atoms with Crippen LogP contribution in [0.4, 0.5) is 19.0 Å². The molecule has 1 fully saturated rings. The van der Waals surface area contributed by atoms with Crippen LogP contribution in [-0.4, -0.2) is 17.4 Å². The molecule has 1 aromatic carbocycles. The highest BCUT2D eigenvalue weighted by molar-refractivity contribution is 6.36. The van der Waals surface area contributed by atoms with Crippen LogP contribution in [0, 0.1) is 5.92 Å². The van der Waals surface area contributed by atoms with Crippen LogP contribution in [0.3, 0.4) is 0 Å². The topological polar surface area (TPSA) is 68.0 Å². The molecule has 1 aliphatic carbocycles. The van der Waals surface area contributed by atoms with E-state index in [1.165, 1.54) is 18.2 Å². The van der Waals surface area contributed by atoms with E-state index in [9.17, 15) is 18.0 Å². The fraction of sp³-hybridized carbons (Fsp3) is 0.400. The number of carbonyl (C=O) groups excluding carboxylic acids is 1. The molecular weight excluding hydrogens is 426 g/mol. The van der Waals surface area contributed by atoms with Crippen molar-refractivity contribution in [2.75, 3.05) is 11.9 Å². The minimum absolute atomic E-state index is 0.155. The fourth-order valence-corrected chi connectivity index (χ4v) is 4.29. The van der Waals surface area contributed by atoms with Crippen LogP contribution in [-0.2, 0) is 6.18 Å². The minimum atomic E-state index is -4.46. The fourth-order valence-electron chi connectivity index (χ4n) is 3.70. The number of aromatic nitrogens is 1. The summed E-state index contributed by atoms with van der Waals surface area (Å²) in [6, 6.07) is 7.05. The molecule has 0 atom stereocenters.